The molecule has 7 atom stereocenters. The third kappa shape index (κ3) is 2.58. The minimum Gasteiger partial charge on any atom is -0.490 e. The number of carbonyl (C=O) groups excluding carboxylic acids is 3. The van der Waals surface area contributed by atoms with Crippen molar-refractivity contribution in [1.82, 2.24) is 0 Å². The topological polar surface area (TPSA) is 69.7 Å². The van der Waals surface area contributed by atoms with Gasteiger partial charge in [0.25, 0.3) is 0 Å². The van der Waals surface area contributed by atoms with Gasteiger partial charge in [-0.2, -0.15) is 0 Å². The minimum absolute atomic E-state index is 0.167. The Morgan fingerprint density at radius 2 is 1.74 bits per heavy atom. The molecule has 1 saturated heterocycles. The zero-order valence-electron chi connectivity index (χ0n) is 20.4. The first-order valence-corrected chi connectivity index (χ1v) is 11.8. The van der Waals surface area contributed by atoms with Gasteiger partial charge in [-0.1, -0.05) is 41.5 Å². The Balaban J connectivity index is 1.86. The number of methoxy groups -OCH3 is 1. The monoisotopic (exact) mass is 430 g/mol. The van der Waals surface area contributed by atoms with Gasteiger partial charge in [-0.05, 0) is 43.9 Å². The van der Waals surface area contributed by atoms with Crippen molar-refractivity contribution in [3.8, 4) is 0 Å². The molecular formula is C26H38O5. The Morgan fingerprint density at radius 1 is 1.10 bits per heavy atom. The molecule has 0 bridgehead atoms. The lowest BCUT2D eigenvalue weighted by Crippen LogP contribution is -2.64. The van der Waals surface area contributed by atoms with Crippen molar-refractivity contribution in [2.45, 2.75) is 86.2 Å². The molecular weight excluding hydrogens is 392 g/mol. The maximum Gasteiger partial charge on any atom is 0.316 e. The average Bonchev–Trinajstić information content (AvgIpc) is 3.04. The fourth-order valence-corrected chi connectivity index (χ4v) is 8.06. The van der Waals surface area contributed by atoms with Crippen LogP contribution in [0.3, 0.4) is 0 Å². The molecule has 5 nitrogen and oxygen atoms in total. The summed E-state index contributed by atoms with van der Waals surface area (Å²) in [7, 11) is 1.35. The molecule has 1 spiro atoms. The molecule has 0 aromatic rings. The first kappa shape index (κ1) is 22.5. The van der Waals surface area contributed by atoms with Crippen LogP contribution in [0.2, 0.25) is 0 Å². The second-order valence-corrected chi connectivity index (χ2v) is 11.8. The number of rotatable bonds is 1. The van der Waals surface area contributed by atoms with Crippen LogP contribution in [0.15, 0.2) is 11.3 Å². The Labute approximate surface area is 186 Å². The number of ether oxygens (including phenoxy) is 2. The van der Waals surface area contributed by atoms with Crippen LogP contribution in [0.4, 0.5) is 0 Å². The lowest BCUT2D eigenvalue weighted by molar-refractivity contribution is -0.203. The summed E-state index contributed by atoms with van der Waals surface area (Å²) >= 11 is 0. The van der Waals surface area contributed by atoms with E-state index < -0.39 is 22.9 Å². The molecule has 172 valence electrons. The molecule has 5 heteroatoms. The molecule has 2 saturated carbocycles. The molecule has 3 aliphatic carbocycles. The summed E-state index contributed by atoms with van der Waals surface area (Å²) in [4.78, 5) is 38.6. The third-order valence-electron chi connectivity index (χ3n) is 10.3. The number of ketones is 2. The zero-order chi connectivity index (χ0) is 23.1. The molecule has 31 heavy (non-hydrogen) atoms. The highest BCUT2D eigenvalue weighted by Crippen LogP contribution is 2.71. The largest absolute Gasteiger partial charge is 0.490 e. The van der Waals surface area contributed by atoms with Crippen LogP contribution >= 0.6 is 0 Å². The number of carbonyl (C=O) groups is 3. The third-order valence-corrected chi connectivity index (χ3v) is 10.3. The van der Waals surface area contributed by atoms with E-state index in [4.69, 9.17) is 9.47 Å². The number of fused-ring (bicyclic) bond motifs is 3. The van der Waals surface area contributed by atoms with Crippen molar-refractivity contribution in [2.24, 2.45) is 39.9 Å². The van der Waals surface area contributed by atoms with Crippen LogP contribution in [-0.2, 0) is 23.9 Å². The van der Waals surface area contributed by atoms with Gasteiger partial charge in [0, 0.05) is 34.7 Å². The van der Waals surface area contributed by atoms with Gasteiger partial charge >= 0.3 is 5.97 Å². The standard InChI is InChI=1S/C26H38O5/c1-14-9-10-17-23(4,5)18(27)11-12-25(17,7)26(14)13-24(6)16(3)19(22(29)30-8)20(28)15(2)21(24)31-26/h14,16-17,19H,9-13H2,1-8H3. The van der Waals surface area contributed by atoms with Gasteiger partial charge in [0.2, 0.25) is 0 Å². The molecule has 0 amide bonds. The number of Topliss-reactive ketones (excluding diaryl/α,β-unsaturated/α-hetero) is 2. The molecule has 4 rings (SSSR count). The predicted octanol–water partition coefficient (Wildman–Crippen LogP) is 4.88. The molecule has 0 aromatic carbocycles. The smallest absolute Gasteiger partial charge is 0.316 e. The molecule has 0 radical (unpaired) electrons. The van der Waals surface area contributed by atoms with Crippen LogP contribution in [0.25, 0.3) is 0 Å². The van der Waals surface area contributed by atoms with E-state index in [9.17, 15) is 14.4 Å². The van der Waals surface area contributed by atoms with E-state index in [-0.39, 0.29) is 28.4 Å². The maximum absolute atomic E-state index is 13.2. The van der Waals surface area contributed by atoms with E-state index >= 15 is 0 Å². The van der Waals surface area contributed by atoms with Crippen molar-refractivity contribution >= 4 is 17.5 Å². The molecule has 1 heterocycles. The van der Waals surface area contributed by atoms with Crippen molar-refractivity contribution < 1.29 is 23.9 Å². The molecule has 7 unspecified atom stereocenters. The Hall–Kier alpha value is -1.65. The fourth-order valence-electron chi connectivity index (χ4n) is 8.06. The van der Waals surface area contributed by atoms with Crippen molar-refractivity contribution in [3.63, 3.8) is 0 Å². The van der Waals surface area contributed by atoms with E-state index in [1.165, 1.54) is 7.11 Å². The molecule has 0 N–H and O–H groups in total. The van der Waals surface area contributed by atoms with Gasteiger partial charge in [0.15, 0.2) is 5.78 Å². The number of allylic oxidation sites excluding steroid dienone is 2. The zero-order valence-corrected chi connectivity index (χ0v) is 20.4. The van der Waals surface area contributed by atoms with Gasteiger partial charge in [0.1, 0.15) is 23.1 Å². The van der Waals surface area contributed by atoms with E-state index in [0.717, 1.165) is 31.4 Å². The summed E-state index contributed by atoms with van der Waals surface area (Å²) < 4.78 is 12.0. The van der Waals surface area contributed by atoms with Crippen LogP contribution in [-0.4, -0.2) is 30.2 Å². The van der Waals surface area contributed by atoms with Gasteiger partial charge in [-0.3, -0.25) is 14.4 Å². The second kappa shape index (κ2) is 6.68. The number of esters is 1. The lowest BCUT2D eigenvalue weighted by Gasteiger charge is -2.62. The van der Waals surface area contributed by atoms with Crippen molar-refractivity contribution in [3.05, 3.63) is 11.3 Å². The Kier molecular flexibility index (Phi) is 4.86. The minimum atomic E-state index is -0.788. The average molecular weight is 431 g/mol. The van der Waals surface area contributed by atoms with Gasteiger partial charge in [0.05, 0.1) is 7.11 Å². The van der Waals surface area contributed by atoms with Gasteiger partial charge in [-0.15, -0.1) is 0 Å². The number of hydrogen-bond donors (Lipinski definition) is 0. The van der Waals surface area contributed by atoms with Gasteiger partial charge in [-0.25, -0.2) is 0 Å². The normalized spacial score (nSPS) is 46.5. The van der Waals surface area contributed by atoms with Crippen LogP contribution in [0, 0.1) is 39.9 Å². The first-order chi connectivity index (χ1) is 14.3. The van der Waals surface area contributed by atoms with Crippen LogP contribution in [0.5, 0.6) is 0 Å². The summed E-state index contributed by atoms with van der Waals surface area (Å²) in [5.74, 6) is 0.0456. The first-order valence-electron chi connectivity index (χ1n) is 11.8. The second-order valence-electron chi connectivity index (χ2n) is 11.8. The van der Waals surface area contributed by atoms with E-state index in [1.54, 1.807) is 6.92 Å². The number of hydrogen-bond acceptors (Lipinski definition) is 5. The van der Waals surface area contributed by atoms with Crippen LogP contribution in [0.1, 0.15) is 80.6 Å². The van der Waals surface area contributed by atoms with Crippen molar-refractivity contribution in [1.29, 1.82) is 0 Å². The Morgan fingerprint density at radius 3 is 2.35 bits per heavy atom. The molecule has 3 fully saturated rings. The Bertz CT molecular complexity index is 884. The SMILES string of the molecule is COC(=O)C1C(=O)C(C)=C2OC3(CC2(C)C1C)C(C)CCC1C(C)(C)C(=O)CCC13C. The van der Waals surface area contributed by atoms with Crippen molar-refractivity contribution in [2.75, 3.05) is 7.11 Å². The van der Waals surface area contributed by atoms with E-state index in [0.29, 0.717) is 23.7 Å². The van der Waals surface area contributed by atoms with E-state index in [1.807, 2.05) is 6.92 Å². The van der Waals surface area contributed by atoms with E-state index in [2.05, 4.69) is 34.6 Å². The lowest BCUT2D eigenvalue weighted by atomic mass is 9.43. The fraction of sp³-hybridized carbons (Fsp3) is 0.808. The highest BCUT2D eigenvalue weighted by molar-refractivity contribution is 6.09. The molecule has 1 aliphatic heterocycles. The van der Waals surface area contributed by atoms with Gasteiger partial charge < -0.3 is 9.47 Å². The summed E-state index contributed by atoms with van der Waals surface area (Å²) in [5, 5.41) is 0. The highest BCUT2D eigenvalue weighted by Gasteiger charge is 2.71. The predicted molar refractivity (Wildman–Crippen MR) is 117 cm³/mol. The highest BCUT2D eigenvalue weighted by atomic mass is 16.5. The maximum atomic E-state index is 13.2. The summed E-state index contributed by atoms with van der Waals surface area (Å²) in [5.41, 5.74) is -0.839. The van der Waals surface area contributed by atoms with Crippen LogP contribution < -0.4 is 0 Å². The molecule has 4 aliphatic rings. The quantitative estimate of drug-likeness (QED) is 0.438. The summed E-state index contributed by atoms with van der Waals surface area (Å²) in [6, 6.07) is 0. The molecule has 0 aromatic heterocycles. The summed E-state index contributed by atoms with van der Waals surface area (Å²) in [6.07, 6.45) is 4.19. The summed E-state index contributed by atoms with van der Waals surface area (Å²) in [6.45, 7) is 14.8.